The molecule has 0 N–H and O–H groups in total. The molecule has 174 valence electrons. The maximum absolute atomic E-state index is 13.4. The number of imidazole rings is 1. The average Bonchev–Trinajstić information content (AvgIpc) is 3.41. The summed E-state index contributed by atoms with van der Waals surface area (Å²) in [6.07, 6.45) is 8.07. The average molecular weight is 460 g/mol. The largest absolute Gasteiger partial charge is 0.376 e. The zero-order valence-electron chi connectivity index (χ0n) is 19.2. The summed E-state index contributed by atoms with van der Waals surface area (Å²) in [7, 11) is 0. The van der Waals surface area contributed by atoms with Crippen molar-refractivity contribution in [1.82, 2.24) is 14.5 Å². The zero-order valence-corrected chi connectivity index (χ0v) is 20.0. The van der Waals surface area contributed by atoms with Crippen molar-refractivity contribution in [3.63, 3.8) is 0 Å². The predicted molar refractivity (Wildman–Crippen MR) is 125 cm³/mol. The van der Waals surface area contributed by atoms with Crippen LogP contribution in [0.25, 0.3) is 0 Å². The Hall–Kier alpha value is -1.86. The minimum Gasteiger partial charge on any atom is -0.376 e. The lowest BCUT2D eigenvalue weighted by Crippen LogP contribution is -2.42. The van der Waals surface area contributed by atoms with Crippen LogP contribution in [-0.2, 0) is 22.6 Å². The molecule has 2 heterocycles. The number of ether oxygens (including phenoxy) is 1. The number of hydrogen-bond donors (Lipinski definition) is 0. The van der Waals surface area contributed by atoms with Gasteiger partial charge in [-0.25, -0.2) is 9.37 Å². The van der Waals surface area contributed by atoms with Crippen LogP contribution in [0.3, 0.4) is 0 Å². The number of halogens is 1. The van der Waals surface area contributed by atoms with Gasteiger partial charge in [0.15, 0.2) is 5.16 Å². The second-order valence-electron chi connectivity index (χ2n) is 9.04. The third kappa shape index (κ3) is 5.73. The molecule has 2 aromatic rings. The van der Waals surface area contributed by atoms with E-state index in [2.05, 4.69) is 11.5 Å². The Morgan fingerprint density at radius 3 is 2.59 bits per heavy atom. The Labute approximate surface area is 194 Å². The van der Waals surface area contributed by atoms with Gasteiger partial charge in [-0.1, -0.05) is 43.2 Å². The maximum Gasteiger partial charge on any atom is 0.233 e. The summed E-state index contributed by atoms with van der Waals surface area (Å²) in [5.41, 5.74) is 3.13. The van der Waals surface area contributed by atoms with Crippen molar-refractivity contribution in [2.24, 2.45) is 0 Å². The Bertz CT molecular complexity index is 903. The van der Waals surface area contributed by atoms with Gasteiger partial charge in [0, 0.05) is 24.9 Å². The Balaban J connectivity index is 1.45. The van der Waals surface area contributed by atoms with E-state index >= 15 is 0 Å². The molecule has 1 aromatic heterocycles. The molecule has 1 atom stereocenters. The van der Waals surface area contributed by atoms with Crippen LogP contribution in [0.4, 0.5) is 4.39 Å². The molecule has 4 rings (SSSR count). The van der Waals surface area contributed by atoms with E-state index in [0.29, 0.717) is 12.3 Å². The predicted octanol–water partition coefficient (Wildman–Crippen LogP) is 5.27. The highest BCUT2D eigenvalue weighted by Gasteiger charge is 2.27. The maximum atomic E-state index is 13.4. The SMILES string of the molecule is Cc1nc(SCC(=O)N(Cc2ccc(F)cc2)C2CCCCC2)n(CC2CCCO2)c1C. The van der Waals surface area contributed by atoms with Crippen LogP contribution in [0, 0.1) is 19.7 Å². The van der Waals surface area contributed by atoms with E-state index in [9.17, 15) is 9.18 Å². The van der Waals surface area contributed by atoms with Crippen molar-refractivity contribution in [3.05, 3.63) is 47.0 Å². The molecule has 1 saturated heterocycles. The van der Waals surface area contributed by atoms with Crippen molar-refractivity contribution in [2.45, 2.75) is 89.2 Å². The van der Waals surface area contributed by atoms with E-state index < -0.39 is 0 Å². The first-order chi connectivity index (χ1) is 15.5. The number of aromatic nitrogens is 2. The summed E-state index contributed by atoms with van der Waals surface area (Å²) < 4.78 is 21.4. The van der Waals surface area contributed by atoms with Gasteiger partial charge >= 0.3 is 0 Å². The molecule has 0 radical (unpaired) electrons. The van der Waals surface area contributed by atoms with Crippen LogP contribution >= 0.6 is 11.8 Å². The lowest BCUT2D eigenvalue weighted by Gasteiger charge is -2.34. The lowest BCUT2D eigenvalue weighted by atomic mass is 9.94. The number of nitrogens with zero attached hydrogens (tertiary/aromatic N) is 3. The molecule has 7 heteroatoms. The molecule has 0 bridgehead atoms. The minimum absolute atomic E-state index is 0.133. The Morgan fingerprint density at radius 2 is 1.91 bits per heavy atom. The number of carbonyl (C=O) groups excluding carboxylic acids is 1. The van der Waals surface area contributed by atoms with Crippen molar-refractivity contribution in [1.29, 1.82) is 0 Å². The molecule has 5 nitrogen and oxygen atoms in total. The number of benzene rings is 1. The van der Waals surface area contributed by atoms with E-state index in [1.807, 2.05) is 11.8 Å². The standard InChI is InChI=1S/C25H34FN3O2S/c1-18-19(2)28(16-23-9-6-14-31-23)25(27-18)32-17-24(30)29(22-7-4-3-5-8-22)15-20-10-12-21(26)13-11-20/h10-13,22-23H,3-9,14-17H2,1-2H3. The summed E-state index contributed by atoms with van der Waals surface area (Å²) in [5, 5.41) is 0.897. The molecule has 1 saturated carbocycles. The van der Waals surface area contributed by atoms with Gasteiger partial charge in [-0.15, -0.1) is 0 Å². The highest BCUT2D eigenvalue weighted by atomic mass is 32.2. The molecular formula is C25H34FN3O2S. The molecule has 2 aliphatic rings. The van der Waals surface area contributed by atoms with Gasteiger partial charge in [0.05, 0.1) is 24.1 Å². The van der Waals surface area contributed by atoms with E-state index in [1.165, 1.54) is 30.3 Å². The molecule has 32 heavy (non-hydrogen) atoms. The third-order valence-electron chi connectivity index (χ3n) is 6.76. The second-order valence-corrected chi connectivity index (χ2v) is 9.98. The summed E-state index contributed by atoms with van der Waals surface area (Å²) >= 11 is 1.52. The third-order valence-corrected chi connectivity index (χ3v) is 7.72. The van der Waals surface area contributed by atoms with Crippen molar-refractivity contribution in [3.8, 4) is 0 Å². The smallest absolute Gasteiger partial charge is 0.233 e. The molecular weight excluding hydrogens is 425 g/mol. The summed E-state index contributed by atoms with van der Waals surface area (Å²) in [6.45, 7) is 6.28. The van der Waals surface area contributed by atoms with Crippen molar-refractivity contribution >= 4 is 17.7 Å². The fourth-order valence-electron chi connectivity index (χ4n) is 4.75. The summed E-state index contributed by atoms with van der Waals surface area (Å²) in [5.74, 6) is 0.246. The molecule has 1 aliphatic carbocycles. The topological polar surface area (TPSA) is 47.4 Å². The Morgan fingerprint density at radius 1 is 1.16 bits per heavy atom. The summed E-state index contributed by atoms with van der Waals surface area (Å²) in [6, 6.07) is 6.78. The lowest BCUT2D eigenvalue weighted by molar-refractivity contribution is -0.132. The fraction of sp³-hybridized carbons (Fsp3) is 0.600. The van der Waals surface area contributed by atoms with Crippen LogP contribution < -0.4 is 0 Å². The molecule has 0 spiro atoms. The number of hydrogen-bond acceptors (Lipinski definition) is 4. The van der Waals surface area contributed by atoms with Gasteiger partial charge < -0.3 is 14.2 Å². The van der Waals surface area contributed by atoms with Crippen molar-refractivity contribution < 1.29 is 13.9 Å². The van der Waals surface area contributed by atoms with Gasteiger partial charge in [-0.2, -0.15) is 0 Å². The highest BCUT2D eigenvalue weighted by molar-refractivity contribution is 7.99. The van der Waals surface area contributed by atoms with Gasteiger partial charge in [0.25, 0.3) is 0 Å². The zero-order chi connectivity index (χ0) is 22.5. The minimum atomic E-state index is -0.247. The van der Waals surface area contributed by atoms with E-state index in [4.69, 9.17) is 9.72 Å². The highest BCUT2D eigenvalue weighted by Crippen LogP contribution is 2.28. The van der Waals surface area contributed by atoms with Gasteiger partial charge in [0.1, 0.15) is 5.82 Å². The number of carbonyl (C=O) groups is 1. The van der Waals surface area contributed by atoms with E-state index in [-0.39, 0.29) is 23.9 Å². The van der Waals surface area contributed by atoms with Crippen LogP contribution in [0.5, 0.6) is 0 Å². The first kappa shape index (κ1) is 23.3. The number of amides is 1. The molecule has 2 fully saturated rings. The van der Waals surface area contributed by atoms with E-state index in [1.54, 1.807) is 12.1 Å². The fourth-order valence-corrected chi connectivity index (χ4v) is 5.74. The number of thioether (sulfide) groups is 1. The van der Waals surface area contributed by atoms with Gasteiger partial charge in [-0.3, -0.25) is 4.79 Å². The Kier molecular flexibility index (Phi) is 7.89. The van der Waals surface area contributed by atoms with Crippen LogP contribution in [0.1, 0.15) is 61.9 Å². The quantitative estimate of drug-likeness (QED) is 0.505. The monoisotopic (exact) mass is 459 g/mol. The molecule has 1 amide bonds. The number of rotatable bonds is 8. The second kappa shape index (κ2) is 10.8. The first-order valence-corrected chi connectivity index (χ1v) is 12.8. The van der Waals surface area contributed by atoms with Gasteiger partial charge in [-0.05, 0) is 57.2 Å². The van der Waals surface area contributed by atoms with Crippen LogP contribution in [0.15, 0.2) is 29.4 Å². The molecule has 1 aromatic carbocycles. The normalized spacial score (nSPS) is 19.4. The molecule has 1 unspecified atom stereocenters. The summed E-state index contributed by atoms with van der Waals surface area (Å²) in [4.78, 5) is 20.2. The number of aryl methyl sites for hydroxylation is 1. The molecule has 1 aliphatic heterocycles. The van der Waals surface area contributed by atoms with Crippen molar-refractivity contribution in [2.75, 3.05) is 12.4 Å². The first-order valence-electron chi connectivity index (χ1n) is 11.8. The van der Waals surface area contributed by atoms with E-state index in [0.717, 1.165) is 73.8 Å². The van der Waals surface area contributed by atoms with Crippen LogP contribution in [0.2, 0.25) is 0 Å². The van der Waals surface area contributed by atoms with Gasteiger partial charge in [0.2, 0.25) is 5.91 Å². The van der Waals surface area contributed by atoms with Crippen LogP contribution in [-0.4, -0.2) is 44.9 Å².